The van der Waals surface area contributed by atoms with Crippen molar-refractivity contribution in [3.8, 4) is 0 Å². The highest BCUT2D eigenvalue weighted by Gasteiger charge is 2.29. The number of piperidine rings is 1. The van der Waals surface area contributed by atoms with Gasteiger partial charge in [-0.3, -0.25) is 14.8 Å². The van der Waals surface area contributed by atoms with Gasteiger partial charge in [-0.05, 0) is 83.6 Å². The van der Waals surface area contributed by atoms with E-state index >= 15 is 0 Å². The molecule has 0 saturated carbocycles. The zero-order valence-corrected chi connectivity index (χ0v) is 23.4. The number of aromatic amines is 1. The number of rotatable bonds is 8. The average Bonchev–Trinajstić information content (AvgIpc) is 3.28. The quantitative estimate of drug-likeness (QED) is 0.298. The zero-order chi connectivity index (χ0) is 26.6. The Morgan fingerprint density at radius 3 is 2.46 bits per heavy atom. The molecule has 1 aliphatic rings. The van der Waals surface area contributed by atoms with E-state index in [4.69, 9.17) is 9.97 Å². The number of hydrogen-bond acceptors (Lipinski definition) is 8. The molecule has 3 heterocycles. The maximum Gasteiger partial charge on any atom is 0.224 e. The van der Waals surface area contributed by atoms with Gasteiger partial charge in [0.2, 0.25) is 5.91 Å². The number of benzene rings is 1. The van der Waals surface area contributed by atoms with Gasteiger partial charge in [-0.1, -0.05) is 6.92 Å². The molecule has 9 nitrogen and oxygen atoms in total. The molecule has 0 radical (unpaired) electrons. The number of aryl methyl sites for hydroxylation is 1. The molecular weight excluding hydrogens is 484 g/mol. The molecule has 1 aliphatic heterocycles. The molecule has 0 bridgehead atoms. The first-order chi connectivity index (χ1) is 17.6. The van der Waals surface area contributed by atoms with Crippen molar-refractivity contribution >= 4 is 40.8 Å². The molecule has 1 aromatic carbocycles. The first kappa shape index (κ1) is 26.9. The number of anilines is 4. The number of carbonyl (C=O) groups is 1. The van der Waals surface area contributed by atoms with E-state index in [9.17, 15) is 4.79 Å². The second kappa shape index (κ2) is 11.5. The lowest BCUT2D eigenvalue weighted by Crippen LogP contribution is -2.50. The Morgan fingerprint density at radius 2 is 1.86 bits per heavy atom. The van der Waals surface area contributed by atoms with Crippen LogP contribution < -0.4 is 15.5 Å². The Balaban J connectivity index is 0.00000267. The number of carbonyl (C=O) groups excluding carboxylic acids is 1. The number of hydrogen-bond donors (Lipinski definition) is 3. The summed E-state index contributed by atoms with van der Waals surface area (Å²) in [5.74, 6) is 2.34. The first-order valence-corrected chi connectivity index (χ1v) is 13.7. The van der Waals surface area contributed by atoms with Gasteiger partial charge in [0, 0.05) is 63.8 Å². The van der Waals surface area contributed by atoms with E-state index in [0.717, 1.165) is 53.8 Å². The van der Waals surface area contributed by atoms with Crippen molar-refractivity contribution in [1.82, 2.24) is 25.1 Å². The van der Waals surface area contributed by atoms with Crippen LogP contribution in [0.2, 0.25) is 0 Å². The molecule has 10 heteroatoms. The van der Waals surface area contributed by atoms with E-state index in [2.05, 4.69) is 58.4 Å². The van der Waals surface area contributed by atoms with Gasteiger partial charge in [-0.25, -0.2) is 9.97 Å². The summed E-state index contributed by atoms with van der Waals surface area (Å²) < 4.78 is 0. The maximum absolute atomic E-state index is 11.7. The molecule has 1 saturated heterocycles. The summed E-state index contributed by atoms with van der Waals surface area (Å²) in [5.41, 5.74) is 1.91. The summed E-state index contributed by atoms with van der Waals surface area (Å²) in [6.45, 7) is 12.5. The van der Waals surface area contributed by atoms with Crippen molar-refractivity contribution < 1.29 is 9.07 Å². The Morgan fingerprint density at radius 1 is 1.16 bits per heavy atom. The minimum atomic E-state index is -0.00165. The van der Waals surface area contributed by atoms with Crippen LogP contribution in [-0.4, -0.2) is 62.7 Å². The molecule has 1 amide bonds. The SMILES string of the molecule is CCC(=O)Nc1ccc(Sc2nc(Nc3cc(C)[nH]n3)cc(N3CCC(N(C)C(C)(C)C)CC3)n2)cc1.[HH].[HH].[HH]. The van der Waals surface area contributed by atoms with Crippen molar-refractivity contribution in [1.29, 1.82) is 0 Å². The fourth-order valence-electron chi connectivity index (χ4n) is 4.29. The number of amides is 1. The van der Waals surface area contributed by atoms with E-state index < -0.39 is 0 Å². The van der Waals surface area contributed by atoms with Crippen LogP contribution in [0, 0.1) is 6.92 Å². The van der Waals surface area contributed by atoms with Crippen LogP contribution in [0.3, 0.4) is 0 Å². The Labute approximate surface area is 228 Å². The van der Waals surface area contributed by atoms with E-state index in [1.807, 2.05) is 50.2 Å². The number of aromatic nitrogens is 4. The molecule has 37 heavy (non-hydrogen) atoms. The van der Waals surface area contributed by atoms with Gasteiger partial charge in [-0.2, -0.15) is 5.10 Å². The molecule has 0 spiro atoms. The summed E-state index contributed by atoms with van der Waals surface area (Å²) in [4.78, 5) is 27.2. The molecule has 1 fully saturated rings. The molecule has 4 rings (SSSR count). The highest BCUT2D eigenvalue weighted by atomic mass is 32.2. The smallest absolute Gasteiger partial charge is 0.224 e. The number of nitrogens with one attached hydrogen (secondary N) is 3. The predicted molar refractivity (Wildman–Crippen MR) is 157 cm³/mol. The van der Waals surface area contributed by atoms with E-state index in [-0.39, 0.29) is 15.7 Å². The molecule has 0 aliphatic carbocycles. The zero-order valence-electron chi connectivity index (χ0n) is 22.6. The third-order valence-corrected chi connectivity index (χ3v) is 7.59. The second-order valence-electron chi connectivity index (χ2n) is 10.5. The molecular formula is C27H44N8OS. The minimum absolute atomic E-state index is 0. The van der Waals surface area contributed by atoms with Crippen molar-refractivity contribution in [2.45, 2.75) is 75.5 Å². The van der Waals surface area contributed by atoms with Crippen LogP contribution in [0.1, 0.15) is 56.9 Å². The topological polar surface area (TPSA) is 102 Å². The predicted octanol–water partition coefficient (Wildman–Crippen LogP) is 6.19. The van der Waals surface area contributed by atoms with Crippen molar-refractivity contribution in [3.63, 3.8) is 0 Å². The highest BCUT2D eigenvalue weighted by molar-refractivity contribution is 7.99. The van der Waals surface area contributed by atoms with Crippen LogP contribution in [0.5, 0.6) is 0 Å². The van der Waals surface area contributed by atoms with E-state index in [1.54, 1.807) is 0 Å². The first-order valence-electron chi connectivity index (χ1n) is 12.8. The molecule has 204 valence electrons. The van der Waals surface area contributed by atoms with Gasteiger partial charge in [0.15, 0.2) is 11.0 Å². The monoisotopic (exact) mass is 528 g/mol. The summed E-state index contributed by atoms with van der Waals surface area (Å²) in [6.07, 6.45) is 2.63. The van der Waals surface area contributed by atoms with Crippen LogP contribution in [0.4, 0.5) is 23.1 Å². The minimum Gasteiger partial charge on any atom is -0.356 e. The number of H-pyrrole nitrogens is 1. The fourth-order valence-corrected chi connectivity index (χ4v) is 5.06. The summed E-state index contributed by atoms with van der Waals surface area (Å²) in [6, 6.07) is 12.3. The standard InChI is InChI=1S/C27H38N8OS.3H2/c1-7-25(36)28-19-8-10-21(11-9-19)37-26-30-22(29-23-16-18(2)32-33-23)17-24(31-26)35-14-12-20(13-15-35)34(6)27(3,4)5;;;/h8-11,16-17,20H,7,12-15H2,1-6H3,(H,28,36)(H2,29,30,31,32,33);3*1H. The van der Waals surface area contributed by atoms with Gasteiger partial charge in [0.1, 0.15) is 11.6 Å². The molecule has 0 unspecified atom stereocenters. The van der Waals surface area contributed by atoms with Crippen LogP contribution in [-0.2, 0) is 4.79 Å². The van der Waals surface area contributed by atoms with Crippen molar-refractivity contribution in [2.75, 3.05) is 35.7 Å². The maximum atomic E-state index is 11.7. The third-order valence-electron chi connectivity index (χ3n) is 6.72. The van der Waals surface area contributed by atoms with Crippen LogP contribution in [0.25, 0.3) is 0 Å². The largest absolute Gasteiger partial charge is 0.356 e. The van der Waals surface area contributed by atoms with Crippen molar-refractivity contribution in [3.05, 3.63) is 42.1 Å². The van der Waals surface area contributed by atoms with Crippen molar-refractivity contribution in [2.24, 2.45) is 0 Å². The second-order valence-corrected chi connectivity index (χ2v) is 11.5. The summed E-state index contributed by atoms with van der Waals surface area (Å²) in [5, 5.41) is 14.1. The summed E-state index contributed by atoms with van der Waals surface area (Å²) >= 11 is 1.50. The Kier molecular flexibility index (Phi) is 8.39. The highest BCUT2D eigenvalue weighted by Crippen LogP contribution is 2.31. The molecule has 3 aromatic rings. The lowest BCUT2D eigenvalue weighted by Gasteiger charge is -2.43. The van der Waals surface area contributed by atoms with Gasteiger partial charge in [0.05, 0.1) is 0 Å². The van der Waals surface area contributed by atoms with Crippen LogP contribution >= 0.6 is 11.8 Å². The Hall–Kier alpha value is -3.11. The lowest BCUT2D eigenvalue weighted by atomic mass is 9.97. The van der Waals surface area contributed by atoms with Gasteiger partial charge >= 0.3 is 0 Å². The van der Waals surface area contributed by atoms with Gasteiger partial charge in [-0.15, -0.1) is 0 Å². The molecule has 3 N–H and O–H groups in total. The fraction of sp³-hybridized carbons (Fsp3) is 0.481. The van der Waals surface area contributed by atoms with E-state index in [0.29, 0.717) is 23.4 Å². The average molecular weight is 529 g/mol. The van der Waals surface area contributed by atoms with Crippen LogP contribution in [0.15, 0.2) is 46.5 Å². The molecule has 2 aromatic heterocycles. The molecule has 0 atom stereocenters. The van der Waals surface area contributed by atoms with Gasteiger partial charge < -0.3 is 15.5 Å². The third kappa shape index (κ3) is 7.23. The lowest BCUT2D eigenvalue weighted by molar-refractivity contribution is -0.115. The van der Waals surface area contributed by atoms with E-state index in [1.165, 1.54) is 11.8 Å². The number of nitrogens with zero attached hydrogens (tertiary/aromatic N) is 5. The normalized spacial score (nSPS) is 14.7. The Bertz CT molecular complexity index is 1210. The summed E-state index contributed by atoms with van der Waals surface area (Å²) in [7, 11) is 2.23. The van der Waals surface area contributed by atoms with Gasteiger partial charge in [0.25, 0.3) is 0 Å².